The van der Waals surface area contributed by atoms with E-state index in [1.807, 2.05) is 6.92 Å². The molecule has 0 aromatic heterocycles. The van der Waals surface area contributed by atoms with Crippen LogP contribution in [0.4, 0.5) is 0 Å². The van der Waals surface area contributed by atoms with E-state index in [0.29, 0.717) is 19.1 Å². The molecule has 0 aromatic rings. The summed E-state index contributed by atoms with van der Waals surface area (Å²) in [5.74, 6) is -2.94. The Hall–Kier alpha value is -1.19. The summed E-state index contributed by atoms with van der Waals surface area (Å²) < 4.78 is 0. The van der Waals surface area contributed by atoms with Crippen molar-refractivity contribution >= 4 is 18.0 Å². The summed E-state index contributed by atoms with van der Waals surface area (Å²) in [7, 11) is 0. The Morgan fingerprint density at radius 1 is 1.50 bits per heavy atom. The van der Waals surface area contributed by atoms with Gasteiger partial charge in [0.05, 0.1) is 0 Å². The van der Waals surface area contributed by atoms with Crippen molar-refractivity contribution < 1.29 is 19.5 Å². The molecule has 0 saturated carbocycles. The molecule has 0 radical (unpaired) electrons. The van der Waals surface area contributed by atoms with Gasteiger partial charge in [-0.3, -0.25) is 4.79 Å². The van der Waals surface area contributed by atoms with Crippen LogP contribution in [0.25, 0.3) is 0 Å². The minimum Gasteiger partial charge on any atom is -0.475 e. The number of carbonyl (C=O) groups excluding carboxylic acids is 2. The van der Waals surface area contributed by atoms with E-state index in [2.05, 4.69) is 0 Å². The molecule has 0 rings (SSSR count). The molecule has 0 aliphatic rings. The molecule has 1 N–H and O–H groups in total. The SMILES string of the molecule is CCCC(CC=O)C(=O)C(=O)O. The van der Waals surface area contributed by atoms with Gasteiger partial charge < -0.3 is 9.90 Å². The molecule has 0 heterocycles. The maximum atomic E-state index is 10.9. The van der Waals surface area contributed by atoms with Crippen LogP contribution in [0.5, 0.6) is 0 Å². The highest BCUT2D eigenvalue weighted by molar-refractivity contribution is 6.33. The topological polar surface area (TPSA) is 71.4 Å². The second-order valence-electron chi connectivity index (χ2n) is 2.56. The number of aliphatic carboxylic acids is 1. The Bertz CT molecular complexity index is 185. The fourth-order valence-electron chi connectivity index (χ4n) is 0.995. The maximum absolute atomic E-state index is 10.9. The molecule has 0 saturated heterocycles. The van der Waals surface area contributed by atoms with Gasteiger partial charge >= 0.3 is 5.97 Å². The number of carboxylic acid groups (broad SMARTS) is 1. The lowest BCUT2D eigenvalue weighted by molar-refractivity contribution is -0.151. The highest BCUT2D eigenvalue weighted by atomic mass is 16.4. The van der Waals surface area contributed by atoms with Crippen LogP contribution in [0.2, 0.25) is 0 Å². The summed E-state index contributed by atoms with van der Waals surface area (Å²) >= 11 is 0. The van der Waals surface area contributed by atoms with Gasteiger partial charge in [0.1, 0.15) is 6.29 Å². The smallest absolute Gasteiger partial charge is 0.372 e. The highest BCUT2D eigenvalue weighted by Gasteiger charge is 2.23. The van der Waals surface area contributed by atoms with E-state index >= 15 is 0 Å². The molecule has 0 aliphatic heterocycles. The number of aldehydes is 1. The normalized spacial score (nSPS) is 12.1. The monoisotopic (exact) mass is 172 g/mol. The van der Waals surface area contributed by atoms with E-state index < -0.39 is 17.7 Å². The molecule has 68 valence electrons. The quantitative estimate of drug-likeness (QED) is 0.471. The molecule has 4 nitrogen and oxygen atoms in total. The van der Waals surface area contributed by atoms with Crippen LogP contribution in [0, 0.1) is 5.92 Å². The Labute approximate surface area is 70.6 Å². The lowest BCUT2D eigenvalue weighted by Crippen LogP contribution is -2.23. The van der Waals surface area contributed by atoms with Crippen LogP contribution >= 0.6 is 0 Å². The van der Waals surface area contributed by atoms with Crippen molar-refractivity contribution in [1.29, 1.82) is 0 Å². The third-order valence-electron chi connectivity index (χ3n) is 1.60. The Morgan fingerprint density at radius 3 is 2.42 bits per heavy atom. The maximum Gasteiger partial charge on any atom is 0.372 e. The van der Waals surface area contributed by atoms with Crippen LogP contribution in [0.3, 0.4) is 0 Å². The van der Waals surface area contributed by atoms with Crippen molar-refractivity contribution in [2.75, 3.05) is 0 Å². The fraction of sp³-hybridized carbons (Fsp3) is 0.625. The van der Waals surface area contributed by atoms with E-state index in [-0.39, 0.29) is 6.42 Å². The molecular weight excluding hydrogens is 160 g/mol. The van der Waals surface area contributed by atoms with E-state index in [1.54, 1.807) is 0 Å². The zero-order valence-electron chi connectivity index (χ0n) is 6.95. The number of carbonyl (C=O) groups is 3. The van der Waals surface area contributed by atoms with Gasteiger partial charge in [-0.1, -0.05) is 13.3 Å². The van der Waals surface area contributed by atoms with E-state index in [0.717, 1.165) is 0 Å². The van der Waals surface area contributed by atoms with Crippen molar-refractivity contribution in [2.24, 2.45) is 5.92 Å². The number of Topliss-reactive ketones (excluding diaryl/α,β-unsaturated/α-hetero) is 1. The Balaban J connectivity index is 4.17. The van der Waals surface area contributed by atoms with Crippen LogP contribution < -0.4 is 0 Å². The van der Waals surface area contributed by atoms with Gasteiger partial charge in [-0.05, 0) is 6.42 Å². The first-order valence-electron chi connectivity index (χ1n) is 3.84. The molecule has 0 amide bonds. The van der Waals surface area contributed by atoms with Gasteiger partial charge in [-0.15, -0.1) is 0 Å². The minimum atomic E-state index is -1.45. The van der Waals surface area contributed by atoms with Gasteiger partial charge in [0.2, 0.25) is 5.78 Å². The van der Waals surface area contributed by atoms with E-state index in [1.165, 1.54) is 0 Å². The van der Waals surface area contributed by atoms with Gasteiger partial charge in [0.15, 0.2) is 0 Å². The van der Waals surface area contributed by atoms with Crippen molar-refractivity contribution in [2.45, 2.75) is 26.2 Å². The number of carboxylic acids is 1. The molecule has 0 bridgehead atoms. The lowest BCUT2D eigenvalue weighted by Gasteiger charge is -2.07. The second kappa shape index (κ2) is 5.46. The average Bonchev–Trinajstić information content (AvgIpc) is 2.03. The first kappa shape index (κ1) is 10.8. The lowest BCUT2D eigenvalue weighted by atomic mass is 9.96. The molecule has 0 aliphatic carbocycles. The predicted molar refractivity (Wildman–Crippen MR) is 41.7 cm³/mol. The van der Waals surface area contributed by atoms with Crippen LogP contribution in [0.1, 0.15) is 26.2 Å². The summed E-state index contributed by atoms with van der Waals surface area (Å²) in [6, 6.07) is 0. The average molecular weight is 172 g/mol. The van der Waals surface area contributed by atoms with Crippen molar-refractivity contribution in [1.82, 2.24) is 0 Å². The molecule has 4 heteroatoms. The first-order chi connectivity index (χ1) is 5.63. The molecule has 0 aromatic carbocycles. The summed E-state index contributed by atoms with van der Waals surface area (Å²) in [6.45, 7) is 1.84. The van der Waals surface area contributed by atoms with Crippen molar-refractivity contribution in [3.8, 4) is 0 Å². The Kier molecular flexibility index (Phi) is 4.92. The third kappa shape index (κ3) is 3.27. The molecule has 12 heavy (non-hydrogen) atoms. The van der Waals surface area contributed by atoms with Gasteiger partial charge in [-0.2, -0.15) is 0 Å². The fourth-order valence-corrected chi connectivity index (χ4v) is 0.995. The highest BCUT2D eigenvalue weighted by Crippen LogP contribution is 2.10. The van der Waals surface area contributed by atoms with Crippen LogP contribution in [-0.2, 0) is 14.4 Å². The summed E-state index contributed by atoms with van der Waals surface area (Å²) in [4.78, 5) is 31.2. The van der Waals surface area contributed by atoms with Gasteiger partial charge in [0.25, 0.3) is 0 Å². The number of hydrogen-bond acceptors (Lipinski definition) is 3. The molecule has 1 atom stereocenters. The molecule has 0 fully saturated rings. The molecule has 1 unspecified atom stereocenters. The zero-order valence-corrected chi connectivity index (χ0v) is 6.95. The minimum absolute atomic E-state index is 0.0129. The number of rotatable bonds is 6. The van der Waals surface area contributed by atoms with Gasteiger partial charge in [-0.25, -0.2) is 4.79 Å². The first-order valence-corrected chi connectivity index (χ1v) is 3.84. The van der Waals surface area contributed by atoms with E-state index in [9.17, 15) is 14.4 Å². The largest absolute Gasteiger partial charge is 0.475 e. The van der Waals surface area contributed by atoms with Crippen LogP contribution in [0.15, 0.2) is 0 Å². The molecule has 0 spiro atoms. The van der Waals surface area contributed by atoms with Crippen molar-refractivity contribution in [3.63, 3.8) is 0 Å². The third-order valence-corrected chi connectivity index (χ3v) is 1.60. The predicted octanol–water partition coefficient (Wildman–Crippen LogP) is 0.645. The molecular formula is C8H12O4. The van der Waals surface area contributed by atoms with Crippen molar-refractivity contribution in [3.05, 3.63) is 0 Å². The second-order valence-corrected chi connectivity index (χ2v) is 2.56. The van der Waals surface area contributed by atoms with E-state index in [4.69, 9.17) is 5.11 Å². The standard InChI is InChI=1S/C8H12O4/c1-2-3-6(4-5-9)7(10)8(11)12/h5-6H,2-4H2,1H3,(H,11,12). The van der Waals surface area contributed by atoms with Gasteiger partial charge in [0, 0.05) is 12.3 Å². The summed E-state index contributed by atoms with van der Waals surface area (Å²) in [5, 5.41) is 8.34. The number of ketones is 1. The number of hydrogen-bond donors (Lipinski definition) is 1. The summed E-state index contributed by atoms with van der Waals surface area (Å²) in [5.41, 5.74) is 0. The zero-order chi connectivity index (χ0) is 9.56. The van der Waals surface area contributed by atoms with Crippen LogP contribution in [-0.4, -0.2) is 23.1 Å². The summed E-state index contributed by atoms with van der Waals surface area (Å²) in [6.07, 6.45) is 1.77. The Morgan fingerprint density at radius 2 is 2.08 bits per heavy atom.